The second-order valence-electron chi connectivity index (χ2n) is 9.77. The molecule has 9 nitrogen and oxygen atoms in total. The van der Waals surface area contributed by atoms with Crippen LogP contribution < -0.4 is 10.1 Å². The number of fused-ring (bicyclic) bond motifs is 1. The number of para-hydroxylation sites is 1. The van der Waals surface area contributed by atoms with E-state index in [1.807, 2.05) is 66.7 Å². The Balaban J connectivity index is 1.37. The molecule has 2 atom stereocenters. The van der Waals surface area contributed by atoms with Gasteiger partial charge in [0.2, 0.25) is 0 Å². The monoisotopic (exact) mass is 642 g/mol. The zero-order chi connectivity index (χ0) is 31.6. The number of esters is 2. The van der Waals surface area contributed by atoms with Crippen LogP contribution in [-0.4, -0.2) is 59.0 Å². The molecule has 230 valence electrons. The number of thioether (sulfide) groups is 2. The number of nitrogens with zero attached hydrogens (tertiary/aromatic N) is 1. The average molecular weight is 643 g/mol. The first-order valence-electron chi connectivity index (χ1n) is 14.0. The van der Waals surface area contributed by atoms with Gasteiger partial charge in [0, 0.05) is 16.7 Å². The van der Waals surface area contributed by atoms with Crippen LogP contribution in [0, 0.1) is 0 Å². The molecule has 2 aliphatic heterocycles. The summed E-state index contributed by atoms with van der Waals surface area (Å²) < 4.78 is 16.6. The van der Waals surface area contributed by atoms with Gasteiger partial charge < -0.3 is 19.5 Å². The average Bonchev–Trinajstić information content (AvgIpc) is 3.08. The van der Waals surface area contributed by atoms with Crippen LogP contribution in [0.1, 0.15) is 17.2 Å². The summed E-state index contributed by atoms with van der Waals surface area (Å²) in [7, 11) is 0. The largest absolute Gasteiger partial charge is 0.484 e. The van der Waals surface area contributed by atoms with E-state index >= 15 is 0 Å². The minimum absolute atomic E-state index is 0.0672. The third-order valence-corrected chi connectivity index (χ3v) is 9.10. The van der Waals surface area contributed by atoms with Crippen molar-refractivity contribution in [2.75, 3.05) is 19.0 Å². The second kappa shape index (κ2) is 15.3. The van der Waals surface area contributed by atoms with Crippen molar-refractivity contribution >= 4 is 47.3 Å². The van der Waals surface area contributed by atoms with E-state index in [1.54, 1.807) is 24.3 Å². The first-order chi connectivity index (χ1) is 22.0. The first kappa shape index (κ1) is 31.7. The van der Waals surface area contributed by atoms with Crippen LogP contribution in [0.5, 0.6) is 5.75 Å². The Morgan fingerprint density at radius 3 is 2.22 bits per heavy atom. The zero-order valence-electron chi connectivity index (χ0n) is 24.1. The van der Waals surface area contributed by atoms with E-state index in [-0.39, 0.29) is 18.9 Å². The fourth-order valence-corrected chi connectivity index (χ4v) is 6.97. The molecule has 0 unspecified atom stereocenters. The highest BCUT2D eigenvalue weighted by atomic mass is 32.2. The van der Waals surface area contributed by atoms with Crippen molar-refractivity contribution < 1.29 is 33.4 Å². The van der Waals surface area contributed by atoms with Gasteiger partial charge in [-0.1, -0.05) is 103 Å². The summed E-state index contributed by atoms with van der Waals surface area (Å²) in [5.41, 5.74) is 1.59. The number of amides is 2. The maximum Gasteiger partial charge on any atom is 0.356 e. The standard InChI is InChI=1S/C34H30N2O7S2/c1-2-19-41-28(38)18-20-44-26-22-45-33-29(35-27(37)21-42-25-16-10-5-11-17-25)32(39)36(33)30(26)34(40)43-31(23-12-6-3-7-13-23)24-14-8-4-9-15-24/h2-18,20,29,31,33H,1,19,21-22H2,(H,35,37)/b20-18-/t29-,33+/m1/s1. The number of hydrogen-bond acceptors (Lipinski definition) is 9. The van der Waals surface area contributed by atoms with Gasteiger partial charge in [0.25, 0.3) is 11.8 Å². The highest BCUT2D eigenvalue weighted by Gasteiger charge is 2.54. The second-order valence-corrected chi connectivity index (χ2v) is 11.9. The van der Waals surface area contributed by atoms with Crippen LogP contribution in [0.15, 0.2) is 126 Å². The predicted octanol–water partition coefficient (Wildman–Crippen LogP) is 4.99. The fraction of sp³-hybridized carbons (Fsp3) is 0.176. The Hall–Kier alpha value is -4.74. The molecule has 45 heavy (non-hydrogen) atoms. The first-order valence-corrected chi connectivity index (χ1v) is 16.0. The van der Waals surface area contributed by atoms with Gasteiger partial charge >= 0.3 is 11.9 Å². The minimum Gasteiger partial charge on any atom is -0.484 e. The van der Waals surface area contributed by atoms with Crippen LogP contribution in [0.25, 0.3) is 0 Å². The third-order valence-electron chi connectivity index (χ3n) is 6.74. The number of benzene rings is 3. The summed E-state index contributed by atoms with van der Waals surface area (Å²) in [4.78, 5) is 54.0. The van der Waals surface area contributed by atoms with Crippen LogP contribution >= 0.6 is 23.5 Å². The number of β-lactam (4-membered cyclic amide) rings is 1. The molecule has 3 aromatic carbocycles. The van der Waals surface area contributed by atoms with E-state index < -0.39 is 41.3 Å². The van der Waals surface area contributed by atoms with Crippen molar-refractivity contribution in [1.29, 1.82) is 0 Å². The van der Waals surface area contributed by atoms with E-state index in [1.165, 1.54) is 34.2 Å². The van der Waals surface area contributed by atoms with E-state index in [9.17, 15) is 19.2 Å². The molecule has 0 aromatic heterocycles. The van der Waals surface area contributed by atoms with Gasteiger partial charge in [-0.25, -0.2) is 9.59 Å². The fourth-order valence-electron chi connectivity index (χ4n) is 4.66. The number of ether oxygens (including phenoxy) is 3. The number of rotatable bonds is 13. The van der Waals surface area contributed by atoms with E-state index in [0.717, 1.165) is 22.9 Å². The summed E-state index contributed by atoms with van der Waals surface area (Å²) in [6.45, 7) is 3.32. The van der Waals surface area contributed by atoms with Crippen molar-refractivity contribution in [1.82, 2.24) is 10.2 Å². The molecular weight excluding hydrogens is 613 g/mol. The van der Waals surface area contributed by atoms with Crippen LogP contribution in [0.2, 0.25) is 0 Å². The molecular formula is C34H30N2O7S2. The minimum atomic E-state index is -0.848. The predicted molar refractivity (Wildman–Crippen MR) is 173 cm³/mol. The van der Waals surface area contributed by atoms with Crippen LogP contribution in [-0.2, 0) is 28.7 Å². The SMILES string of the molecule is C=CCOC(=O)/C=C\SC1=C(C(=O)OC(c2ccccc2)c2ccccc2)N2C(=O)[C@@H](NC(=O)COc3ccccc3)[C@@H]2SC1. The summed E-state index contributed by atoms with van der Waals surface area (Å²) in [6, 6.07) is 26.7. The molecule has 2 amide bonds. The topological polar surface area (TPSA) is 111 Å². The maximum absolute atomic E-state index is 14.0. The molecule has 0 bridgehead atoms. The number of carbonyl (C=O) groups excluding carboxylic acids is 4. The molecule has 3 aromatic rings. The van der Waals surface area contributed by atoms with Gasteiger partial charge in [0.15, 0.2) is 12.7 Å². The molecule has 11 heteroatoms. The lowest BCUT2D eigenvalue weighted by atomic mass is 10.0. The molecule has 1 fully saturated rings. The molecule has 5 rings (SSSR count). The summed E-state index contributed by atoms with van der Waals surface area (Å²) in [5.74, 6) is -1.31. The lowest BCUT2D eigenvalue weighted by Crippen LogP contribution is -2.70. The van der Waals surface area contributed by atoms with Gasteiger partial charge in [-0.05, 0) is 28.7 Å². The molecule has 1 N–H and O–H groups in total. The number of nitrogens with one attached hydrogen (secondary N) is 1. The molecule has 1 saturated heterocycles. The highest BCUT2D eigenvalue weighted by Crippen LogP contribution is 2.44. The summed E-state index contributed by atoms with van der Waals surface area (Å²) in [6.07, 6.45) is 1.96. The lowest BCUT2D eigenvalue weighted by Gasteiger charge is -2.49. The molecule has 2 heterocycles. The van der Waals surface area contributed by atoms with Crippen molar-refractivity contribution in [2.45, 2.75) is 17.5 Å². The van der Waals surface area contributed by atoms with Crippen LogP contribution in [0.4, 0.5) is 0 Å². The Morgan fingerprint density at radius 2 is 1.60 bits per heavy atom. The van der Waals surface area contributed by atoms with Crippen molar-refractivity contribution in [2.24, 2.45) is 0 Å². The number of hydrogen-bond donors (Lipinski definition) is 1. The highest BCUT2D eigenvalue weighted by molar-refractivity contribution is 8.08. The summed E-state index contributed by atoms with van der Waals surface area (Å²) >= 11 is 2.52. The van der Waals surface area contributed by atoms with Crippen molar-refractivity contribution in [3.8, 4) is 5.75 Å². The van der Waals surface area contributed by atoms with Gasteiger partial charge in [-0.2, -0.15) is 0 Å². The Bertz CT molecular complexity index is 1560. The van der Waals surface area contributed by atoms with Gasteiger partial charge in [0.05, 0.1) is 0 Å². The number of carbonyl (C=O) groups is 4. The van der Waals surface area contributed by atoms with E-state index in [0.29, 0.717) is 16.4 Å². The molecule has 0 radical (unpaired) electrons. The normalized spacial score (nSPS) is 17.4. The Labute approximate surface area is 269 Å². The Morgan fingerprint density at radius 1 is 0.978 bits per heavy atom. The molecule has 0 saturated carbocycles. The van der Waals surface area contributed by atoms with Crippen molar-refractivity contribution in [3.63, 3.8) is 0 Å². The molecule has 2 aliphatic rings. The summed E-state index contributed by atoms with van der Waals surface area (Å²) in [5, 5.41) is 3.72. The third kappa shape index (κ3) is 7.86. The smallest absolute Gasteiger partial charge is 0.356 e. The van der Waals surface area contributed by atoms with Crippen LogP contribution in [0.3, 0.4) is 0 Å². The van der Waals surface area contributed by atoms with Gasteiger partial charge in [-0.15, -0.1) is 11.8 Å². The van der Waals surface area contributed by atoms with Gasteiger partial charge in [-0.3, -0.25) is 14.5 Å². The quantitative estimate of drug-likeness (QED) is 0.119. The zero-order valence-corrected chi connectivity index (χ0v) is 25.7. The maximum atomic E-state index is 14.0. The molecule has 0 spiro atoms. The lowest BCUT2D eigenvalue weighted by molar-refractivity contribution is -0.154. The molecule has 0 aliphatic carbocycles. The van der Waals surface area contributed by atoms with E-state index in [4.69, 9.17) is 14.2 Å². The van der Waals surface area contributed by atoms with Crippen molar-refractivity contribution in [3.05, 3.63) is 137 Å². The van der Waals surface area contributed by atoms with Gasteiger partial charge in [0.1, 0.15) is 29.5 Å². The van der Waals surface area contributed by atoms with E-state index in [2.05, 4.69) is 11.9 Å². The Kier molecular flexibility index (Phi) is 10.8.